The van der Waals surface area contributed by atoms with Gasteiger partial charge in [-0.15, -0.1) is 11.3 Å². The monoisotopic (exact) mass is 548 g/mol. The third-order valence-corrected chi connectivity index (χ3v) is 8.90. The van der Waals surface area contributed by atoms with Gasteiger partial charge in [0.05, 0.1) is 43.2 Å². The van der Waals surface area contributed by atoms with E-state index in [1.54, 1.807) is 26.4 Å². The second-order valence-electron chi connectivity index (χ2n) is 9.64. The van der Waals surface area contributed by atoms with E-state index >= 15 is 0 Å². The lowest BCUT2D eigenvalue weighted by Gasteiger charge is -2.32. The van der Waals surface area contributed by atoms with Crippen LogP contribution in [0.15, 0.2) is 60.8 Å². The van der Waals surface area contributed by atoms with Gasteiger partial charge < -0.3 is 29.2 Å². The van der Waals surface area contributed by atoms with Crippen LogP contribution in [0.25, 0.3) is 5.00 Å². The highest BCUT2D eigenvalue weighted by Crippen LogP contribution is 2.44. The van der Waals surface area contributed by atoms with Crippen molar-refractivity contribution in [3.63, 3.8) is 0 Å². The number of amides is 2. The maximum atomic E-state index is 14.2. The lowest BCUT2D eigenvalue weighted by molar-refractivity contribution is 0.194. The molecule has 1 unspecified atom stereocenters. The Bertz CT molecular complexity index is 1500. The first kappa shape index (κ1) is 24.9. The molecule has 4 aromatic rings. The summed E-state index contributed by atoms with van der Waals surface area (Å²) in [6, 6.07) is 17.2. The number of anilines is 1. The van der Waals surface area contributed by atoms with Crippen LogP contribution in [0.1, 0.15) is 33.3 Å². The molecule has 2 amide bonds. The Labute approximate surface area is 231 Å². The number of nitrogens with one attached hydrogen (secondary N) is 1. The molecular weight excluding hydrogens is 520 g/mol. The molecule has 2 aromatic carbocycles. The Morgan fingerprint density at radius 2 is 1.82 bits per heavy atom. The molecule has 0 fully saturated rings. The largest absolute Gasteiger partial charge is 0.495 e. The van der Waals surface area contributed by atoms with E-state index in [2.05, 4.69) is 52.3 Å². The molecule has 2 aliphatic rings. The first-order valence-corrected chi connectivity index (χ1v) is 13.7. The Morgan fingerprint density at radius 3 is 2.58 bits per heavy atom. The summed E-state index contributed by atoms with van der Waals surface area (Å²) < 4.78 is 13.2. The molecule has 0 aliphatic carbocycles. The fourth-order valence-electron chi connectivity index (χ4n) is 5.48. The number of fused-ring (bicyclic) bond motifs is 5. The number of aromatic nitrogens is 1. The van der Waals surface area contributed by atoms with Gasteiger partial charge in [0.15, 0.2) is 0 Å². The predicted molar refractivity (Wildman–Crippen MR) is 151 cm³/mol. The maximum absolute atomic E-state index is 14.2. The minimum Gasteiger partial charge on any atom is -0.495 e. The van der Waals surface area contributed by atoms with Gasteiger partial charge in [0.25, 0.3) is 0 Å². The number of hydrogen-bond donors (Lipinski definition) is 1. The summed E-state index contributed by atoms with van der Waals surface area (Å²) >= 11 is 8.26. The highest BCUT2D eigenvalue weighted by Gasteiger charge is 2.36. The summed E-state index contributed by atoms with van der Waals surface area (Å²) in [5.74, 6) is 0.960. The van der Waals surface area contributed by atoms with Gasteiger partial charge in [-0.1, -0.05) is 41.9 Å². The molecule has 2 aliphatic heterocycles. The van der Waals surface area contributed by atoms with E-state index in [1.807, 2.05) is 34.4 Å². The van der Waals surface area contributed by atoms with E-state index in [1.165, 1.54) is 21.0 Å². The van der Waals surface area contributed by atoms with Gasteiger partial charge in [0.1, 0.15) is 16.5 Å². The van der Waals surface area contributed by atoms with Gasteiger partial charge >= 0.3 is 6.03 Å². The van der Waals surface area contributed by atoms with Crippen molar-refractivity contribution in [1.29, 1.82) is 0 Å². The van der Waals surface area contributed by atoms with Gasteiger partial charge in [-0.2, -0.15) is 0 Å². The summed E-state index contributed by atoms with van der Waals surface area (Å²) in [6.45, 7) is 2.42. The second kappa shape index (κ2) is 10.0. The van der Waals surface area contributed by atoms with Crippen LogP contribution < -0.4 is 14.8 Å². The third-order valence-electron chi connectivity index (χ3n) is 7.35. The van der Waals surface area contributed by atoms with Crippen LogP contribution in [-0.2, 0) is 19.5 Å². The van der Waals surface area contributed by atoms with E-state index in [0.717, 1.165) is 30.8 Å². The van der Waals surface area contributed by atoms with Crippen molar-refractivity contribution in [3.05, 3.63) is 93.1 Å². The summed E-state index contributed by atoms with van der Waals surface area (Å²) in [6.07, 6.45) is 3.09. The Kier molecular flexibility index (Phi) is 6.55. The van der Waals surface area contributed by atoms with Gasteiger partial charge in [0, 0.05) is 35.8 Å². The zero-order chi connectivity index (χ0) is 26.4. The van der Waals surface area contributed by atoms with Gasteiger partial charge in [0.2, 0.25) is 0 Å². The smallest absolute Gasteiger partial charge is 0.323 e. The van der Waals surface area contributed by atoms with Crippen LogP contribution in [0.3, 0.4) is 0 Å². The molecule has 1 N–H and O–H groups in total. The number of likely N-dealkylation sites (N-methyl/N-ethyl adjacent to an activating group) is 1. The molecule has 0 saturated carbocycles. The van der Waals surface area contributed by atoms with Crippen LogP contribution in [0, 0.1) is 0 Å². The van der Waals surface area contributed by atoms with Gasteiger partial charge in [-0.25, -0.2) is 4.79 Å². The van der Waals surface area contributed by atoms with Crippen LogP contribution >= 0.6 is 22.9 Å². The first-order valence-electron chi connectivity index (χ1n) is 12.5. The van der Waals surface area contributed by atoms with Crippen molar-refractivity contribution >= 4 is 34.7 Å². The Morgan fingerprint density at radius 1 is 1.03 bits per heavy atom. The molecule has 1 atom stereocenters. The molecular formula is C29H29ClN4O3S. The molecule has 6 rings (SSSR count). The Balaban J connectivity index is 1.47. The zero-order valence-electron chi connectivity index (χ0n) is 21.5. The number of urea groups is 1. The summed E-state index contributed by atoms with van der Waals surface area (Å²) in [5, 5.41) is 4.69. The average molecular weight is 549 g/mol. The van der Waals surface area contributed by atoms with Crippen molar-refractivity contribution in [2.24, 2.45) is 0 Å². The molecule has 0 radical (unpaired) electrons. The van der Waals surface area contributed by atoms with E-state index in [0.29, 0.717) is 28.8 Å². The highest BCUT2D eigenvalue weighted by molar-refractivity contribution is 7.15. The molecule has 196 valence electrons. The molecule has 0 spiro atoms. The van der Waals surface area contributed by atoms with E-state index in [9.17, 15) is 4.79 Å². The second-order valence-corrected chi connectivity index (χ2v) is 11.1. The molecule has 4 heterocycles. The van der Waals surface area contributed by atoms with Crippen molar-refractivity contribution < 1.29 is 14.3 Å². The number of methoxy groups -OCH3 is 2. The van der Waals surface area contributed by atoms with Gasteiger partial charge in [-0.3, -0.25) is 0 Å². The predicted octanol–water partition coefficient (Wildman–Crippen LogP) is 6.33. The fraction of sp³-hybridized carbons (Fsp3) is 0.276. The summed E-state index contributed by atoms with van der Waals surface area (Å²) in [4.78, 5) is 19.9. The number of carbonyl (C=O) groups is 1. The zero-order valence-corrected chi connectivity index (χ0v) is 23.1. The Hall–Kier alpha value is -3.46. The average Bonchev–Trinajstić information content (AvgIpc) is 3.50. The van der Waals surface area contributed by atoms with Crippen LogP contribution in [0.2, 0.25) is 5.02 Å². The number of thiophene rings is 1. The topological polar surface area (TPSA) is 59.0 Å². The van der Waals surface area contributed by atoms with Crippen molar-refractivity contribution in [1.82, 2.24) is 14.4 Å². The number of carbonyl (C=O) groups excluding carboxylic acids is 1. The standard InChI is InChI=1S/C29H29ClN4O3S/c1-32-13-11-19-20-16-34(29(35)31-22-14-21(30)24(36-2)15-25(22)37-3)27(18-8-5-4-6-9-18)23-10-7-12-33(23)28(20)38-26(19)17-32/h4-10,12,14-15,27H,11,13,16-17H2,1-3H3,(H,31,35). The molecule has 0 saturated heterocycles. The number of hydrogen-bond acceptors (Lipinski definition) is 5. The van der Waals surface area contributed by atoms with E-state index in [4.69, 9.17) is 21.1 Å². The minimum absolute atomic E-state index is 0.230. The number of rotatable bonds is 4. The quantitative estimate of drug-likeness (QED) is 0.323. The minimum atomic E-state index is -0.285. The molecule has 0 bridgehead atoms. The normalized spacial score (nSPS) is 16.7. The number of ether oxygens (including phenoxy) is 2. The number of halogens is 1. The fourth-order valence-corrected chi connectivity index (χ4v) is 7.17. The maximum Gasteiger partial charge on any atom is 0.323 e. The molecule has 2 aromatic heterocycles. The van der Waals surface area contributed by atoms with Crippen LogP contribution in [-0.4, -0.2) is 48.2 Å². The van der Waals surface area contributed by atoms with Gasteiger partial charge in [-0.05, 0) is 42.8 Å². The van der Waals surface area contributed by atoms with Crippen molar-refractivity contribution in [2.45, 2.75) is 25.6 Å². The first-order chi connectivity index (χ1) is 18.5. The number of nitrogens with zero attached hydrogens (tertiary/aromatic N) is 3. The van der Waals surface area contributed by atoms with Crippen molar-refractivity contribution in [3.8, 4) is 16.5 Å². The lowest BCUT2D eigenvalue weighted by Crippen LogP contribution is -2.38. The number of benzene rings is 2. The molecule has 9 heteroatoms. The third kappa shape index (κ3) is 4.22. The van der Waals surface area contributed by atoms with E-state index < -0.39 is 0 Å². The molecule has 7 nitrogen and oxygen atoms in total. The lowest BCUT2D eigenvalue weighted by atomic mass is 10.0. The van der Waals surface area contributed by atoms with Crippen LogP contribution in [0.4, 0.5) is 10.5 Å². The SMILES string of the molecule is COc1cc(OC)c(NC(=O)N2Cc3c(sc4c3CCN(C)C4)-n3cccc3C2c2ccccc2)cc1Cl. The summed E-state index contributed by atoms with van der Waals surface area (Å²) in [5.41, 5.74) is 5.19. The summed E-state index contributed by atoms with van der Waals surface area (Å²) in [7, 11) is 5.27. The van der Waals surface area contributed by atoms with Crippen LogP contribution in [0.5, 0.6) is 11.5 Å². The van der Waals surface area contributed by atoms with Crippen molar-refractivity contribution in [2.75, 3.05) is 33.1 Å². The highest BCUT2D eigenvalue weighted by atomic mass is 35.5. The van der Waals surface area contributed by atoms with E-state index in [-0.39, 0.29) is 12.1 Å². The molecule has 38 heavy (non-hydrogen) atoms.